The van der Waals surface area contributed by atoms with E-state index in [9.17, 15) is 27.2 Å². The van der Waals surface area contributed by atoms with Gasteiger partial charge in [-0.1, -0.05) is 11.6 Å². The van der Waals surface area contributed by atoms with E-state index < -0.39 is 40.5 Å². The van der Waals surface area contributed by atoms with Crippen molar-refractivity contribution >= 4 is 35.2 Å². The van der Waals surface area contributed by atoms with Crippen LogP contribution in [0.3, 0.4) is 0 Å². The van der Waals surface area contributed by atoms with E-state index in [0.717, 1.165) is 30.7 Å². The molecule has 5 atom stereocenters. The predicted molar refractivity (Wildman–Crippen MR) is 115 cm³/mol. The van der Waals surface area contributed by atoms with Crippen molar-refractivity contribution in [3.8, 4) is 5.75 Å². The minimum absolute atomic E-state index is 0.0515. The summed E-state index contributed by atoms with van der Waals surface area (Å²) in [4.78, 5) is 25.0. The molecule has 12 heteroatoms. The quantitative estimate of drug-likeness (QED) is 0.513. The first-order chi connectivity index (χ1) is 15.5. The summed E-state index contributed by atoms with van der Waals surface area (Å²) >= 11 is 6.59. The number of carbonyl (C=O) groups is 2. The second-order valence-corrected chi connectivity index (χ2v) is 10.7. The van der Waals surface area contributed by atoms with Gasteiger partial charge in [-0.25, -0.2) is 4.39 Å². The van der Waals surface area contributed by atoms with Crippen LogP contribution in [0.4, 0.5) is 17.6 Å². The second kappa shape index (κ2) is 9.50. The number of hydrogen-bond acceptors (Lipinski definition) is 5. The number of fused-ring (bicyclic) bond motifs is 2. The molecule has 182 valence electrons. The average Bonchev–Trinajstić information content (AvgIpc) is 3.10. The van der Waals surface area contributed by atoms with Gasteiger partial charge >= 0.3 is 6.18 Å². The van der Waals surface area contributed by atoms with Gasteiger partial charge in [-0.2, -0.15) is 13.2 Å². The van der Waals surface area contributed by atoms with Crippen molar-refractivity contribution in [3.63, 3.8) is 0 Å². The highest BCUT2D eigenvalue weighted by molar-refractivity contribution is 8.01. The lowest BCUT2D eigenvalue weighted by Crippen LogP contribution is -2.61. The molecule has 1 saturated heterocycles. The van der Waals surface area contributed by atoms with Crippen LogP contribution < -0.4 is 20.7 Å². The zero-order chi connectivity index (χ0) is 23.9. The van der Waals surface area contributed by atoms with Gasteiger partial charge in [-0.15, -0.1) is 11.8 Å². The molecule has 0 spiro atoms. The molecule has 2 bridgehead atoms. The van der Waals surface area contributed by atoms with E-state index in [4.69, 9.17) is 16.3 Å². The average molecular weight is 510 g/mol. The van der Waals surface area contributed by atoms with Crippen LogP contribution in [0, 0.1) is 17.7 Å². The first-order valence-corrected chi connectivity index (χ1v) is 12.0. The maximum absolute atomic E-state index is 13.5. The highest BCUT2D eigenvalue weighted by Crippen LogP contribution is 2.46. The van der Waals surface area contributed by atoms with Gasteiger partial charge in [-0.3, -0.25) is 14.9 Å². The molecule has 1 aliphatic heterocycles. The van der Waals surface area contributed by atoms with E-state index in [1.54, 1.807) is 6.92 Å². The largest absolute Gasteiger partial charge is 0.484 e. The minimum Gasteiger partial charge on any atom is -0.484 e. The molecule has 4 aliphatic rings. The number of amides is 2. The number of alkyl halides is 3. The summed E-state index contributed by atoms with van der Waals surface area (Å²) < 4.78 is 58.7. The maximum Gasteiger partial charge on any atom is 0.405 e. The number of nitrogens with one attached hydrogen (secondary N) is 3. The smallest absolute Gasteiger partial charge is 0.405 e. The zero-order valence-corrected chi connectivity index (χ0v) is 19.2. The normalized spacial score (nSPS) is 33.2. The Morgan fingerprint density at radius 2 is 1.85 bits per heavy atom. The zero-order valence-electron chi connectivity index (χ0n) is 17.6. The number of thioether (sulfide) groups is 1. The fourth-order valence-electron chi connectivity index (χ4n) is 4.76. The molecule has 3 aliphatic carbocycles. The Kier molecular flexibility index (Phi) is 7.02. The fraction of sp³-hybridized carbons (Fsp3) is 0.619. The summed E-state index contributed by atoms with van der Waals surface area (Å²) in [6, 6.07) is 1.46. The first-order valence-electron chi connectivity index (χ1n) is 10.7. The van der Waals surface area contributed by atoms with Crippen molar-refractivity contribution in [1.82, 2.24) is 16.0 Å². The molecule has 6 nitrogen and oxygen atoms in total. The Hall–Kier alpha value is -1.72. The molecule has 1 heterocycles. The molecule has 1 aromatic carbocycles. The summed E-state index contributed by atoms with van der Waals surface area (Å²) in [5.74, 6) is -1.06. The van der Waals surface area contributed by atoms with Crippen molar-refractivity contribution in [1.29, 1.82) is 0 Å². The van der Waals surface area contributed by atoms with Crippen molar-refractivity contribution in [2.75, 3.05) is 6.61 Å². The van der Waals surface area contributed by atoms with Crippen LogP contribution in [0.2, 0.25) is 5.02 Å². The van der Waals surface area contributed by atoms with Gasteiger partial charge in [0.25, 0.3) is 5.91 Å². The highest BCUT2D eigenvalue weighted by Gasteiger charge is 2.54. The molecule has 0 radical (unpaired) electrons. The molecule has 3 unspecified atom stereocenters. The van der Waals surface area contributed by atoms with Gasteiger partial charge in [0, 0.05) is 18.2 Å². The molecule has 2 amide bonds. The standard InChI is InChI=1S/C21H24ClF4N3O3S/c1-9-27-19(21(24,25)26)18(33-9)20(31)29-16-7-15(10-4-11(16)5-10)28-17(30)8-32-12-2-3-13(22)14(23)6-12/h2-3,6,9-11,15-16,18-19,27H,4-5,7-8H2,1H3,(H,28,30)(H,29,31)/t9?,10?,11?,15-,16+,18?,19?/m0/s1. The SMILES string of the molecule is CC1NC(C(F)(F)F)C(C(=O)N[C@@H]2C[C@H](NC(=O)COc3ccc(Cl)c(F)c3)C3CC2C3)S1. The topological polar surface area (TPSA) is 79.5 Å². The van der Waals surface area contributed by atoms with Gasteiger partial charge in [0.2, 0.25) is 5.91 Å². The van der Waals surface area contributed by atoms with Crippen LogP contribution in [0.5, 0.6) is 5.75 Å². The van der Waals surface area contributed by atoms with Gasteiger partial charge in [0.05, 0.1) is 10.4 Å². The molecule has 0 aromatic heterocycles. The first kappa shape index (κ1) is 24.4. The van der Waals surface area contributed by atoms with Crippen molar-refractivity contribution < 1.29 is 31.9 Å². The Morgan fingerprint density at radius 1 is 1.18 bits per heavy atom. The molecule has 3 N–H and O–H groups in total. The van der Waals surface area contributed by atoms with Crippen LogP contribution in [-0.2, 0) is 9.59 Å². The summed E-state index contributed by atoms with van der Waals surface area (Å²) in [6.07, 6.45) is -2.50. The van der Waals surface area contributed by atoms with E-state index in [1.165, 1.54) is 12.1 Å². The Morgan fingerprint density at radius 3 is 2.48 bits per heavy atom. The molecule has 3 saturated carbocycles. The summed E-state index contributed by atoms with van der Waals surface area (Å²) in [5, 5.41) is 6.34. The molecular weight excluding hydrogens is 486 g/mol. The third-order valence-corrected chi connectivity index (χ3v) is 8.10. The Balaban J connectivity index is 1.30. The summed E-state index contributed by atoms with van der Waals surface area (Å²) in [7, 11) is 0. The molecule has 33 heavy (non-hydrogen) atoms. The van der Waals surface area contributed by atoms with Crippen LogP contribution in [-0.4, -0.2) is 53.3 Å². The maximum atomic E-state index is 13.5. The van der Waals surface area contributed by atoms with E-state index in [0.29, 0.717) is 6.42 Å². The van der Waals surface area contributed by atoms with E-state index in [-0.39, 0.29) is 41.3 Å². The summed E-state index contributed by atoms with van der Waals surface area (Å²) in [6.45, 7) is 1.28. The molecule has 4 fully saturated rings. The lowest BCUT2D eigenvalue weighted by Gasteiger charge is -2.51. The van der Waals surface area contributed by atoms with Gasteiger partial charge in [-0.05, 0) is 50.2 Å². The van der Waals surface area contributed by atoms with Crippen LogP contribution >= 0.6 is 23.4 Å². The monoisotopic (exact) mass is 509 g/mol. The van der Waals surface area contributed by atoms with E-state index in [2.05, 4.69) is 16.0 Å². The van der Waals surface area contributed by atoms with Gasteiger partial charge in [0.1, 0.15) is 22.9 Å². The fourth-order valence-corrected chi connectivity index (χ4v) is 6.13. The predicted octanol–water partition coefficient (Wildman–Crippen LogP) is 3.24. The Bertz CT molecular complexity index is 915. The lowest BCUT2D eigenvalue weighted by molar-refractivity contribution is -0.159. The molecule has 1 aromatic rings. The van der Waals surface area contributed by atoms with Crippen molar-refractivity contribution in [2.45, 2.75) is 61.1 Å². The highest BCUT2D eigenvalue weighted by atomic mass is 35.5. The Labute approximate surface area is 197 Å². The number of carbonyl (C=O) groups excluding carboxylic acids is 2. The second-order valence-electron chi connectivity index (χ2n) is 8.77. The summed E-state index contributed by atoms with van der Waals surface area (Å²) in [5.41, 5.74) is 0. The number of halogens is 5. The van der Waals surface area contributed by atoms with Crippen LogP contribution in [0.15, 0.2) is 18.2 Å². The number of hydrogen-bond donors (Lipinski definition) is 3. The van der Waals surface area contributed by atoms with Gasteiger partial charge < -0.3 is 15.4 Å². The lowest BCUT2D eigenvalue weighted by atomic mass is 9.60. The third-order valence-electron chi connectivity index (χ3n) is 6.47. The number of rotatable bonds is 6. The minimum atomic E-state index is -4.52. The van der Waals surface area contributed by atoms with Crippen molar-refractivity contribution in [3.05, 3.63) is 29.0 Å². The van der Waals surface area contributed by atoms with Crippen LogP contribution in [0.1, 0.15) is 26.2 Å². The van der Waals surface area contributed by atoms with Crippen molar-refractivity contribution in [2.24, 2.45) is 11.8 Å². The third kappa shape index (κ3) is 5.51. The van der Waals surface area contributed by atoms with E-state index in [1.807, 2.05) is 0 Å². The van der Waals surface area contributed by atoms with E-state index >= 15 is 0 Å². The molecule has 5 rings (SSSR count). The van der Waals surface area contributed by atoms with Gasteiger partial charge in [0.15, 0.2) is 6.61 Å². The number of ether oxygens (including phenoxy) is 1. The van der Waals surface area contributed by atoms with Crippen LogP contribution in [0.25, 0.3) is 0 Å². The number of benzene rings is 1. The molecular formula is C21H24ClF4N3O3S.